The molecule has 3 heterocycles. The molecule has 0 spiro atoms. The molecule has 0 atom stereocenters. The molecule has 136 valence electrons. The molecular formula is C15H18BClN6O3. The molecule has 0 amide bonds. The Labute approximate surface area is 155 Å². The van der Waals surface area contributed by atoms with E-state index >= 15 is 0 Å². The fourth-order valence-electron chi connectivity index (χ4n) is 2.83. The first-order chi connectivity index (χ1) is 12.5. The summed E-state index contributed by atoms with van der Waals surface area (Å²) < 4.78 is 18.0. The molecular weight excluding hydrogens is 358 g/mol. The lowest BCUT2D eigenvalue weighted by molar-refractivity contribution is 0.316. The van der Waals surface area contributed by atoms with Gasteiger partial charge < -0.3 is 19.9 Å². The number of nitrogen functional groups attached to an aromatic ring is 1. The van der Waals surface area contributed by atoms with Crippen LogP contribution >= 0.6 is 11.6 Å². The smallest absolute Gasteiger partial charge is 0.261 e. The van der Waals surface area contributed by atoms with Crippen molar-refractivity contribution in [2.75, 3.05) is 27.1 Å². The summed E-state index contributed by atoms with van der Waals surface area (Å²) in [6, 6.07) is 0. The minimum absolute atomic E-state index is 0.0813. The van der Waals surface area contributed by atoms with Gasteiger partial charge in [0, 0.05) is 0 Å². The number of hydrogen-bond acceptors (Lipinski definition) is 8. The van der Waals surface area contributed by atoms with Crippen molar-refractivity contribution in [2.24, 2.45) is 0 Å². The molecule has 0 saturated heterocycles. The van der Waals surface area contributed by atoms with Crippen LogP contribution < -0.4 is 25.4 Å². The van der Waals surface area contributed by atoms with E-state index in [0.29, 0.717) is 42.2 Å². The number of hydrogen-bond donors (Lipinski definition) is 1. The number of rotatable bonds is 6. The minimum atomic E-state index is 0.0813. The van der Waals surface area contributed by atoms with Crippen molar-refractivity contribution < 1.29 is 14.2 Å². The number of anilines is 1. The van der Waals surface area contributed by atoms with Crippen LogP contribution in [0.5, 0.6) is 17.4 Å². The van der Waals surface area contributed by atoms with Crippen molar-refractivity contribution in [3.8, 4) is 17.4 Å². The summed E-state index contributed by atoms with van der Waals surface area (Å²) in [4.78, 5) is 12.7. The molecule has 3 aromatic rings. The normalized spacial score (nSPS) is 10.8. The summed E-state index contributed by atoms with van der Waals surface area (Å²) in [6.45, 7) is 2.34. The highest BCUT2D eigenvalue weighted by Crippen LogP contribution is 2.34. The Kier molecular flexibility index (Phi) is 5.03. The third-order valence-electron chi connectivity index (χ3n) is 3.98. The predicted molar refractivity (Wildman–Crippen MR) is 100 cm³/mol. The third-order valence-corrected chi connectivity index (χ3v) is 4.27. The third kappa shape index (κ3) is 2.96. The van der Waals surface area contributed by atoms with Gasteiger partial charge in [-0.15, -0.1) is 0 Å². The summed E-state index contributed by atoms with van der Waals surface area (Å²) in [5.74, 6) is 1.45. The van der Waals surface area contributed by atoms with Gasteiger partial charge in [0.15, 0.2) is 18.7 Å². The molecule has 3 rings (SSSR count). The van der Waals surface area contributed by atoms with E-state index in [9.17, 15) is 0 Å². The highest BCUT2D eigenvalue weighted by atomic mass is 35.5. The Morgan fingerprint density at radius 1 is 1.12 bits per heavy atom. The molecule has 11 heteroatoms. The average Bonchev–Trinajstić information content (AvgIpc) is 3.03. The van der Waals surface area contributed by atoms with E-state index in [-0.39, 0.29) is 11.1 Å². The van der Waals surface area contributed by atoms with E-state index in [1.54, 1.807) is 25.1 Å². The number of ether oxygens (including phenoxy) is 3. The van der Waals surface area contributed by atoms with E-state index in [4.69, 9.17) is 31.5 Å². The molecule has 26 heavy (non-hydrogen) atoms. The van der Waals surface area contributed by atoms with Gasteiger partial charge in [0.2, 0.25) is 11.7 Å². The van der Waals surface area contributed by atoms with Crippen LogP contribution in [0.4, 0.5) is 5.95 Å². The topological polar surface area (TPSA) is 110 Å². The molecule has 0 aliphatic carbocycles. The Morgan fingerprint density at radius 2 is 1.85 bits per heavy atom. The SMILES string of the molecule is CBc1c(Cn2ncc3c(Cl)nc(N)nc32)nc(OC)c(OC)c1OC. The second-order valence-corrected chi connectivity index (χ2v) is 5.74. The van der Waals surface area contributed by atoms with E-state index in [1.165, 1.54) is 7.11 Å². The minimum Gasteiger partial charge on any atom is -0.493 e. The maximum atomic E-state index is 6.12. The van der Waals surface area contributed by atoms with Crippen LogP contribution in [0, 0.1) is 0 Å². The van der Waals surface area contributed by atoms with Gasteiger partial charge in [0.1, 0.15) is 5.15 Å². The molecule has 0 saturated carbocycles. The first-order valence-electron chi connectivity index (χ1n) is 7.86. The van der Waals surface area contributed by atoms with Crippen molar-refractivity contribution in [3.05, 3.63) is 17.0 Å². The largest absolute Gasteiger partial charge is 0.493 e. The molecule has 3 aromatic heterocycles. The quantitative estimate of drug-likeness (QED) is 0.493. The van der Waals surface area contributed by atoms with Gasteiger partial charge in [0.25, 0.3) is 5.88 Å². The number of halogens is 1. The summed E-state index contributed by atoms with van der Waals surface area (Å²) >= 11 is 6.12. The second-order valence-electron chi connectivity index (χ2n) is 5.38. The molecule has 0 aromatic carbocycles. The summed E-state index contributed by atoms with van der Waals surface area (Å²) in [5, 5.41) is 5.22. The lowest BCUT2D eigenvalue weighted by Gasteiger charge is -2.18. The van der Waals surface area contributed by atoms with Crippen molar-refractivity contribution in [1.82, 2.24) is 24.7 Å². The predicted octanol–water partition coefficient (Wildman–Crippen LogP) is 0.641. The van der Waals surface area contributed by atoms with E-state index in [1.807, 2.05) is 6.82 Å². The Morgan fingerprint density at radius 3 is 2.46 bits per heavy atom. The van der Waals surface area contributed by atoms with Gasteiger partial charge in [-0.3, -0.25) is 0 Å². The van der Waals surface area contributed by atoms with Crippen LogP contribution in [0.15, 0.2) is 6.20 Å². The zero-order chi connectivity index (χ0) is 18.8. The van der Waals surface area contributed by atoms with Crippen LogP contribution in [0.3, 0.4) is 0 Å². The maximum Gasteiger partial charge on any atom is 0.261 e. The molecule has 0 radical (unpaired) electrons. The Bertz CT molecular complexity index is 964. The van der Waals surface area contributed by atoms with Gasteiger partial charge in [0.05, 0.1) is 45.2 Å². The molecule has 2 N–H and O–H groups in total. The fraction of sp³-hybridized carbons (Fsp3) is 0.333. The van der Waals surface area contributed by atoms with E-state index < -0.39 is 0 Å². The monoisotopic (exact) mass is 376 g/mol. The number of pyridine rings is 1. The molecule has 0 bridgehead atoms. The van der Waals surface area contributed by atoms with Crippen LogP contribution in [-0.4, -0.2) is 53.3 Å². The van der Waals surface area contributed by atoms with Gasteiger partial charge >= 0.3 is 0 Å². The zero-order valence-electron chi connectivity index (χ0n) is 14.9. The number of nitrogens with zero attached hydrogens (tertiary/aromatic N) is 5. The van der Waals surface area contributed by atoms with Crippen molar-refractivity contribution in [2.45, 2.75) is 13.4 Å². The van der Waals surface area contributed by atoms with Gasteiger partial charge in [-0.05, 0) is 5.46 Å². The van der Waals surface area contributed by atoms with Crippen molar-refractivity contribution in [1.29, 1.82) is 0 Å². The fourth-order valence-corrected chi connectivity index (χ4v) is 3.05. The Balaban J connectivity index is 2.16. The van der Waals surface area contributed by atoms with Crippen LogP contribution in [0.2, 0.25) is 12.0 Å². The highest BCUT2D eigenvalue weighted by Gasteiger charge is 2.22. The highest BCUT2D eigenvalue weighted by molar-refractivity contribution is 6.54. The first-order valence-corrected chi connectivity index (χ1v) is 8.24. The molecule has 0 fully saturated rings. The lowest BCUT2D eigenvalue weighted by atomic mass is 9.71. The number of fused-ring (bicyclic) bond motifs is 1. The van der Waals surface area contributed by atoms with Crippen LogP contribution in [-0.2, 0) is 6.54 Å². The number of aromatic nitrogens is 5. The van der Waals surface area contributed by atoms with Crippen LogP contribution in [0.1, 0.15) is 5.69 Å². The lowest BCUT2D eigenvalue weighted by Crippen LogP contribution is -2.25. The first kappa shape index (κ1) is 18.1. The number of nitrogens with two attached hydrogens (primary N) is 1. The molecule has 0 aliphatic heterocycles. The van der Waals surface area contributed by atoms with Gasteiger partial charge in [-0.2, -0.15) is 10.1 Å². The van der Waals surface area contributed by atoms with Gasteiger partial charge in [-0.25, -0.2) is 14.6 Å². The maximum absolute atomic E-state index is 6.12. The second kappa shape index (κ2) is 7.24. The summed E-state index contributed by atoms with van der Waals surface area (Å²) in [7, 11) is 5.33. The zero-order valence-corrected chi connectivity index (χ0v) is 15.7. The average molecular weight is 377 g/mol. The molecule has 0 aliphatic rings. The molecule has 9 nitrogen and oxygen atoms in total. The van der Waals surface area contributed by atoms with Gasteiger partial charge in [-0.1, -0.05) is 18.4 Å². The van der Waals surface area contributed by atoms with Crippen molar-refractivity contribution >= 4 is 41.3 Å². The van der Waals surface area contributed by atoms with E-state index in [0.717, 1.165) is 11.2 Å². The van der Waals surface area contributed by atoms with Crippen molar-refractivity contribution in [3.63, 3.8) is 0 Å². The number of methoxy groups -OCH3 is 3. The van der Waals surface area contributed by atoms with E-state index in [2.05, 4.69) is 20.1 Å². The summed E-state index contributed by atoms with van der Waals surface area (Å²) in [6.07, 6.45) is 1.60. The van der Waals surface area contributed by atoms with Crippen LogP contribution in [0.25, 0.3) is 11.0 Å². The standard InChI is InChI=1S/C15H18BClN6O3/c1-16-9-8(20-14(26-4)11(25-3)10(9)24-2)6-23-13-7(5-19-23)12(17)21-15(18)22-13/h5,16H,6H2,1-4H3,(H2,18,21,22). The molecule has 0 unspecified atom stereocenters. The Hall–Kier alpha value is -2.75. The summed E-state index contributed by atoms with van der Waals surface area (Å²) in [5.41, 5.74) is 7.85.